The first-order valence-corrected chi connectivity index (χ1v) is 11.0. The summed E-state index contributed by atoms with van der Waals surface area (Å²) in [5, 5.41) is 21.7. The molecule has 0 spiro atoms. The molecule has 0 fully saturated rings. The van der Waals surface area contributed by atoms with Crippen LogP contribution in [0.2, 0.25) is 5.02 Å². The summed E-state index contributed by atoms with van der Waals surface area (Å²) in [5.74, 6) is 0.528. The summed E-state index contributed by atoms with van der Waals surface area (Å²) in [6.07, 6.45) is 3.38. The topological polar surface area (TPSA) is 96.5 Å². The summed E-state index contributed by atoms with van der Waals surface area (Å²) in [6.45, 7) is 1.93. The molecule has 0 bridgehead atoms. The Morgan fingerprint density at radius 3 is 2.72 bits per heavy atom. The van der Waals surface area contributed by atoms with Crippen molar-refractivity contribution < 1.29 is 4.79 Å². The highest BCUT2D eigenvalue weighted by Gasteiger charge is 2.19. The molecule has 1 N–H and O–H groups in total. The van der Waals surface area contributed by atoms with Crippen LogP contribution < -0.4 is 5.32 Å². The van der Waals surface area contributed by atoms with E-state index in [1.54, 1.807) is 36.7 Å². The van der Waals surface area contributed by atoms with Crippen molar-refractivity contribution in [3.8, 4) is 23.1 Å². The number of pyridine rings is 1. The van der Waals surface area contributed by atoms with Crippen LogP contribution in [0.15, 0.2) is 72.1 Å². The Kier molecular flexibility index (Phi) is 6.50. The van der Waals surface area contributed by atoms with Crippen molar-refractivity contribution >= 4 is 35.0 Å². The quantitative estimate of drug-likeness (QED) is 0.411. The number of nitrogens with zero attached hydrogens (tertiary/aromatic N) is 5. The highest BCUT2D eigenvalue weighted by atomic mass is 35.5. The molecule has 2 heterocycles. The summed E-state index contributed by atoms with van der Waals surface area (Å²) >= 11 is 7.63. The lowest BCUT2D eigenvalue weighted by Crippen LogP contribution is -2.14. The highest BCUT2D eigenvalue weighted by Crippen LogP contribution is 2.31. The molecule has 0 saturated heterocycles. The number of rotatable bonds is 6. The van der Waals surface area contributed by atoms with Gasteiger partial charge in [-0.15, -0.1) is 10.2 Å². The van der Waals surface area contributed by atoms with E-state index in [1.165, 1.54) is 11.8 Å². The number of carbonyl (C=O) groups is 1. The fraction of sp³-hybridized carbons (Fsp3) is 0.0870. The molecule has 0 aliphatic carbocycles. The van der Waals surface area contributed by atoms with Crippen LogP contribution in [-0.4, -0.2) is 31.4 Å². The number of anilines is 1. The molecule has 0 unspecified atom stereocenters. The first-order chi connectivity index (χ1) is 15.6. The normalized spacial score (nSPS) is 10.5. The molecule has 4 aromatic rings. The van der Waals surface area contributed by atoms with Gasteiger partial charge in [0.05, 0.1) is 23.1 Å². The number of amides is 1. The minimum atomic E-state index is -0.215. The number of halogens is 1. The van der Waals surface area contributed by atoms with Crippen LogP contribution in [0.5, 0.6) is 0 Å². The van der Waals surface area contributed by atoms with Crippen LogP contribution in [0.3, 0.4) is 0 Å². The van der Waals surface area contributed by atoms with E-state index < -0.39 is 0 Å². The third kappa shape index (κ3) is 4.64. The van der Waals surface area contributed by atoms with E-state index in [0.717, 1.165) is 16.8 Å². The van der Waals surface area contributed by atoms with Gasteiger partial charge in [0, 0.05) is 28.7 Å². The number of hydrogen-bond acceptors (Lipinski definition) is 6. The van der Waals surface area contributed by atoms with Gasteiger partial charge in [-0.1, -0.05) is 35.5 Å². The van der Waals surface area contributed by atoms with Crippen molar-refractivity contribution in [3.63, 3.8) is 0 Å². The van der Waals surface area contributed by atoms with Gasteiger partial charge in [-0.25, -0.2) is 0 Å². The molecule has 7 nitrogen and oxygen atoms in total. The average molecular weight is 461 g/mol. The second-order valence-electron chi connectivity index (χ2n) is 6.79. The van der Waals surface area contributed by atoms with Gasteiger partial charge in [0.1, 0.15) is 0 Å². The standard InChI is InChI=1S/C23H17ClN6OS/c1-15-19(24)6-3-7-20(15)30-22(17-8-10-26-11-9-17)28-29-23(30)32-14-21(31)27-18-5-2-4-16(12-18)13-25/h2-12H,14H2,1H3,(H,27,31). The molecule has 2 aromatic carbocycles. The summed E-state index contributed by atoms with van der Waals surface area (Å²) < 4.78 is 1.89. The molecular formula is C23H17ClN6OS. The second kappa shape index (κ2) is 9.64. The van der Waals surface area contributed by atoms with Gasteiger partial charge >= 0.3 is 0 Å². The van der Waals surface area contributed by atoms with Gasteiger partial charge in [-0.3, -0.25) is 14.3 Å². The zero-order valence-corrected chi connectivity index (χ0v) is 18.6. The van der Waals surface area contributed by atoms with Crippen molar-refractivity contribution in [1.82, 2.24) is 19.7 Å². The molecule has 9 heteroatoms. The predicted octanol–water partition coefficient (Wildman–Crippen LogP) is 4.89. The van der Waals surface area contributed by atoms with Gasteiger partial charge < -0.3 is 5.32 Å². The Bertz CT molecular complexity index is 1320. The molecule has 0 aliphatic rings. The summed E-state index contributed by atoms with van der Waals surface area (Å²) in [4.78, 5) is 16.6. The lowest BCUT2D eigenvalue weighted by Gasteiger charge is -2.14. The van der Waals surface area contributed by atoms with Crippen molar-refractivity contribution in [1.29, 1.82) is 5.26 Å². The molecule has 1 amide bonds. The number of nitriles is 1. The van der Waals surface area contributed by atoms with Crippen LogP contribution >= 0.6 is 23.4 Å². The van der Waals surface area contributed by atoms with Crippen molar-refractivity contribution in [2.75, 3.05) is 11.1 Å². The minimum Gasteiger partial charge on any atom is -0.325 e. The number of hydrogen-bond donors (Lipinski definition) is 1. The fourth-order valence-electron chi connectivity index (χ4n) is 3.10. The number of thioether (sulfide) groups is 1. The molecule has 4 rings (SSSR count). The van der Waals surface area contributed by atoms with Crippen LogP contribution in [-0.2, 0) is 4.79 Å². The molecule has 0 saturated carbocycles. The van der Waals surface area contributed by atoms with Crippen LogP contribution in [0.1, 0.15) is 11.1 Å². The van der Waals surface area contributed by atoms with Gasteiger partial charge in [-0.05, 0) is 55.0 Å². The smallest absolute Gasteiger partial charge is 0.234 e. The molecular weight excluding hydrogens is 444 g/mol. The lowest BCUT2D eigenvalue weighted by molar-refractivity contribution is -0.113. The molecule has 0 radical (unpaired) electrons. The first-order valence-electron chi connectivity index (χ1n) is 9.61. The third-order valence-corrected chi connectivity index (χ3v) is 6.00. The molecule has 0 atom stereocenters. The highest BCUT2D eigenvalue weighted by molar-refractivity contribution is 7.99. The maximum atomic E-state index is 12.5. The Labute approximate surface area is 194 Å². The van der Waals surface area contributed by atoms with E-state index in [0.29, 0.717) is 27.3 Å². The van der Waals surface area contributed by atoms with Gasteiger partial charge in [0.15, 0.2) is 11.0 Å². The number of carbonyl (C=O) groups excluding carboxylic acids is 1. The molecule has 32 heavy (non-hydrogen) atoms. The van der Waals surface area contributed by atoms with E-state index in [4.69, 9.17) is 16.9 Å². The maximum absolute atomic E-state index is 12.5. The minimum absolute atomic E-state index is 0.116. The SMILES string of the molecule is Cc1c(Cl)cccc1-n1c(SCC(=O)Nc2cccc(C#N)c2)nnc1-c1ccncc1. The van der Waals surface area contributed by atoms with Gasteiger partial charge in [-0.2, -0.15) is 5.26 Å². The van der Waals surface area contributed by atoms with E-state index in [-0.39, 0.29) is 11.7 Å². The Balaban J connectivity index is 1.63. The number of aromatic nitrogens is 4. The zero-order valence-electron chi connectivity index (χ0n) is 17.0. The van der Waals surface area contributed by atoms with E-state index in [2.05, 4.69) is 26.6 Å². The fourth-order valence-corrected chi connectivity index (χ4v) is 4.01. The third-order valence-electron chi connectivity index (χ3n) is 4.66. The molecule has 158 valence electrons. The van der Waals surface area contributed by atoms with Crippen LogP contribution in [0.4, 0.5) is 5.69 Å². The van der Waals surface area contributed by atoms with E-state index >= 15 is 0 Å². The molecule has 2 aromatic heterocycles. The van der Waals surface area contributed by atoms with Crippen LogP contribution in [0, 0.1) is 18.3 Å². The Morgan fingerprint density at radius 2 is 1.94 bits per heavy atom. The van der Waals surface area contributed by atoms with Gasteiger partial charge in [0.2, 0.25) is 5.91 Å². The zero-order chi connectivity index (χ0) is 22.5. The Hall–Kier alpha value is -3.67. The summed E-state index contributed by atoms with van der Waals surface area (Å²) in [7, 11) is 0. The average Bonchev–Trinajstić information content (AvgIpc) is 3.24. The first kappa shape index (κ1) is 21.6. The lowest BCUT2D eigenvalue weighted by atomic mass is 10.2. The Morgan fingerprint density at radius 1 is 1.16 bits per heavy atom. The second-order valence-corrected chi connectivity index (χ2v) is 8.14. The summed E-state index contributed by atoms with van der Waals surface area (Å²) in [6, 6.07) is 18.2. The van der Waals surface area contributed by atoms with E-state index in [1.807, 2.05) is 41.8 Å². The molecule has 0 aliphatic heterocycles. The number of nitrogens with one attached hydrogen (secondary N) is 1. The van der Waals surface area contributed by atoms with Crippen molar-refractivity contribution in [2.45, 2.75) is 12.1 Å². The predicted molar refractivity (Wildman–Crippen MR) is 125 cm³/mol. The summed E-state index contributed by atoms with van der Waals surface area (Å²) in [5.41, 5.74) is 3.60. The van der Waals surface area contributed by atoms with Crippen molar-refractivity contribution in [2.24, 2.45) is 0 Å². The number of benzene rings is 2. The maximum Gasteiger partial charge on any atom is 0.234 e. The van der Waals surface area contributed by atoms with Gasteiger partial charge in [0.25, 0.3) is 0 Å². The van der Waals surface area contributed by atoms with Crippen molar-refractivity contribution in [3.05, 3.63) is 83.1 Å². The van der Waals surface area contributed by atoms with E-state index in [9.17, 15) is 4.79 Å². The monoisotopic (exact) mass is 460 g/mol. The largest absolute Gasteiger partial charge is 0.325 e. The van der Waals surface area contributed by atoms with Crippen LogP contribution in [0.25, 0.3) is 17.1 Å².